The molecule has 2 nitrogen and oxygen atoms in total. The van der Waals surface area contributed by atoms with Gasteiger partial charge < -0.3 is 10.2 Å². The van der Waals surface area contributed by atoms with Gasteiger partial charge in [0.15, 0.2) is 0 Å². The SMILES string of the molecule is CCNC(CC)C1(N(C)C)CCCC1. The van der Waals surface area contributed by atoms with Crippen LogP contribution in [0.3, 0.4) is 0 Å². The normalized spacial score (nSPS) is 22.9. The fraction of sp³-hybridized carbons (Fsp3) is 1.00. The molecule has 0 bridgehead atoms. The van der Waals surface area contributed by atoms with Crippen LogP contribution >= 0.6 is 0 Å². The van der Waals surface area contributed by atoms with E-state index < -0.39 is 0 Å². The van der Waals surface area contributed by atoms with Gasteiger partial charge in [-0.25, -0.2) is 0 Å². The fourth-order valence-electron chi connectivity index (χ4n) is 3.06. The summed E-state index contributed by atoms with van der Waals surface area (Å²) in [6, 6.07) is 0.671. The topological polar surface area (TPSA) is 15.3 Å². The molecule has 1 unspecified atom stereocenters. The van der Waals surface area contributed by atoms with Crippen LogP contribution in [0.25, 0.3) is 0 Å². The van der Waals surface area contributed by atoms with Crippen LogP contribution in [-0.2, 0) is 0 Å². The molecule has 0 amide bonds. The molecule has 14 heavy (non-hydrogen) atoms. The number of rotatable bonds is 5. The van der Waals surface area contributed by atoms with Gasteiger partial charge in [0.1, 0.15) is 0 Å². The molecule has 1 N–H and O–H groups in total. The highest BCUT2D eigenvalue weighted by Gasteiger charge is 2.41. The Morgan fingerprint density at radius 3 is 2.14 bits per heavy atom. The Labute approximate surface area is 89.1 Å². The molecule has 1 saturated carbocycles. The number of hydrogen-bond acceptors (Lipinski definition) is 2. The Balaban J connectivity index is 2.73. The zero-order chi connectivity index (χ0) is 10.6. The Kier molecular flexibility index (Phi) is 4.39. The molecule has 0 heterocycles. The third-order valence-electron chi connectivity index (χ3n) is 3.87. The van der Waals surface area contributed by atoms with Gasteiger partial charge in [-0.2, -0.15) is 0 Å². The van der Waals surface area contributed by atoms with Crippen molar-refractivity contribution in [3.63, 3.8) is 0 Å². The fourth-order valence-corrected chi connectivity index (χ4v) is 3.06. The Morgan fingerprint density at radius 2 is 1.79 bits per heavy atom. The van der Waals surface area contributed by atoms with E-state index in [4.69, 9.17) is 0 Å². The van der Waals surface area contributed by atoms with Crippen molar-refractivity contribution in [2.24, 2.45) is 0 Å². The smallest absolute Gasteiger partial charge is 0.0356 e. The highest BCUT2D eigenvalue weighted by molar-refractivity contribution is 5.01. The molecule has 1 fully saturated rings. The Bertz CT molecular complexity index is 160. The van der Waals surface area contributed by atoms with E-state index in [1.165, 1.54) is 32.1 Å². The monoisotopic (exact) mass is 198 g/mol. The molecular weight excluding hydrogens is 172 g/mol. The predicted octanol–water partition coefficient (Wildman–Crippen LogP) is 2.25. The minimum absolute atomic E-state index is 0.435. The molecule has 1 rings (SSSR count). The lowest BCUT2D eigenvalue weighted by Crippen LogP contribution is -2.57. The van der Waals surface area contributed by atoms with Crippen LogP contribution in [0.15, 0.2) is 0 Å². The van der Waals surface area contributed by atoms with Crippen LogP contribution in [0.2, 0.25) is 0 Å². The third-order valence-corrected chi connectivity index (χ3v) is 3.87. The molecule has 0 saturated heterocycles. The second kappa shape index (κ2) is 5.13. The minimum atomic E-state index is 0.435. The molecule has 1 aliphatic rings. The standard InChI is InChI=1S/C12H26N2/c1-5-11(13-6-2)12(14(3)4)9-7-8-10-12/h11,13H,5-10H2,1-4H3. The van der Waals surface area contributed by atoms with E-state index in [0.717, 1.165) is 6.54 Å². The van der Waals surface area contributed by atoms with E-state index in [1.54, 1.807) is 0 Å². The molecule has 84 valence electrons. The van der Waals surface area contributed by atoms with Gasteiger partial charge in [-0.1, -0.05) is 26.7 Å². The summed E-state index contributed by atoms with van der Waals surface area (Å²) in [4.78, 5) is 2.46. The second-order valence-corrected chi connectivity index (χ2v) is 4.72. The van der Waals surface area contributed by atoms with Crippen LogP contribution in [0, 0.1) is 0 Å². The van der Waals surface area contributed by atoms with Gasteiger partial charge in [0.25, 0.3) is 0 Å². The van der Waals surface area contributed by atoms with E-state index in [9.17, 15) is 0 Å². The summed E-state index contributed by atoms with van der Waals surface area (Å²) in [5, 5.41) is 3.65. The lowest BCUT2D eigenvalue weighted by molar-refractivity contribution is 0.103. The van der Waals surface area contributed by atoms with Gasteiger partial charge in [0, 0.05) is 11.6 Å². The van der Waals surface area contributed by atoms with Crippen molar-refractivity contribution in [2.45, 2.75) is 57.5 Å². The molecule has 1 aliphatic carbocycles. The average Bonchev–Trinajstić information content (AvgIpc) is 2.64. The van der Waals surface area contributed by atoms with Crippen molar-refractivity contribution < 1.29 is 0 Å². The zero-order valence-electron chi connectivity index (χ0n) is 10.3. The highest BCUT2D eigenvalue weighted by atomic mass is 15.2. The first kappa shape index (κ1) is 12.0. The van der Waals surface area contributed by atoms with Gasteiger partial charge in [0.2, 0.25) is 0 Å². The van der Waals surface area contributed by atoms with E-state index in [-0.39, 0.29) is 0 Å². The first-order chi connectivity index (χ1) is 6.67. The number of nitrogens with zero attached hydrogens (tertiary/aromatic N) is 1. The zero-order valence-corrected chi connectivity index (χ0v) is 10.3. The molecule has 1 atom stereocenters. The first-order valence-electron chi connectivity index (χ1n) is 6.08. The largest absolute Gasteiger partial charge is 0.312 e. The van der Waals surface area contributed by atoms with Crippen LogP contribution in [-0.4, -0.2) is 37.1 Å². The Morgan fingerprint density at radius 1 is 1.21 bits per heavy atom. The second-order valence-electron chi connectivity index (χ2n) is 4.72. The van der Waals surface area contributed by atoms with Crippen LogP contribution in [0.4, 0.5) is 0 Å². The number of likely N-dealkylation sites (N-methyl/N-ethyl adjacent to an activating group) is 2. The number of nitrogens with one attached hydrogen (secondary N) is 1. The lowest BCUT2D eigenvalue weighted by Gasteiger charge is -2.43. The van der Waals surface area contributed by atoms with Gasteiger partial charge in [-0.05, 0) is 39.9 Å². The van der Waals surface area contributed by atoms with Crippen molar-refractivity contribution in [3.8, 4) is 0 Å². The van der Waals surface area contributed by atoms with Gasteiger partial charge >= 0.3 is 0 Å². The summed E-state index contributed by atoms with van der Waals surface area (Å²) in [7, 11) is 4.48. The summed E-state index contributed by atoms with van der Waals surface area (Å²) in [5.41, 5.74) is 0.435. The molecule has 0 spiro atoms. The molecule has 0 aromatic rings. The molecule has 2 heteroatoms. The summed E-state index contributed by atoms with van der Waals surface area (Å²) in [5.74, 6) is 0. The summed E-state index contributed by atoms with van der Waals surface area (Å²) >= 11 is 0. The Hall–Kier alpha value is -0.0800. The van der Waals surface area contributed by atoms with Gasteiger partial charge in [0.05, 0.1) is 0 Å². The van der Waals surface area contributed by atoms with Crippen molar-refractivity contribution >= 4 is 0 Å². The van der Waals surface area contributed by atoms with Crippen LogP contribution < -0.4 is 5.32 Å². The maximum Gasteiger partial charge on any atom is 0.0356 e. The highest BCUT2D eigenvalue weighted by Crippen LogP contribution is 2.37. The molecule has 0 radical (unpaired) electrons. The van der Waals surface area contributed by atoms with E-state index >= 15 is 0 Å². The quantitative estimate of drug-likeness (QED) is 0.729. The van der Waals surface area contributed by atoms with Crippen molar-refractivity contribution in [2.75, 3.05) is 20.6 Å². The van der Waals surface area contributed by atoms with Gasteiger partial charge in [-0.15, -0.1) is 0 Å². The summed E-state index contributed by atoms with van der Waals surface area (Å²) < 4.78 is 0. The van der Waals surface area contributed by atoms with E-state index in [0.29, 0.717) is 11.6 Å². The predicted molar refractivity (Wildman–Crippen MR) is 62.6 cm³/mol. The minimum Gasteiger partial charge on any atom is -0.312 e. The van der Waals surface area contributed by atoms with E-state index in [2.05, 4.69) is 38.2 Å². The van der Waals surface area contributed by atoms with Crippen LogP contribution in [0.5, 0.6) is 0 Å². The average molecular weight is 198 g/mol. The third kappa shape index (κ3) is 2.12. The maximum absolute atomic E-state index is 3.65. The van der Waals surface area contributed by atoms with E-state index in [1.807, 2.05) is 0 Å². The summed E-state index contributed by atoms with van der Waals surface area (Å²) in [6.45, 7) is 5.60. The van der Waals surface area contributed by atoms with Crippen LogP contribution in [0.1, 0.15) is 46.0 Å². The number of hydrogen-bond donors (Lipinski definition) is 1. The molecule has 0 aliphatic heterocycles. The van der Waals surface area contributed by atoms with Crippen molar-refractivity contribution in [1.29, 1.82) is 0 Å². The molecular formula is C12H26N2. The lowest BCUT2D eigenvalue weighted by atomic mass is 9.85. The van der Waals surface area contributed by atoms with Gasteiger partial charge in [-0.3, -0.25) is 0 Å². The van der Waals surface area contributed by atoms with Crippen molar-refractivity contribution in [3.05, 3.63) is 0 Å². The molecule has 0 aromatic carbocycles. The summed E-state index contributed by atoms with van der Waals surface area (Å²) in [6.07, 6.45) is 6.78. The maximum atomic E-state index is 3.65. The molecule has 0 aromatic heterocycles. The van der Waals surface area contributed by atoms with Crippen molar-refractivity contribution in [1.82, 2.24) is 10.2 Å². The first-order valence-corrected chi connectivity index (χ1v) is 6.08.